The number of ether oxygens (including phenoxy) is 2. The highest BCUT2D eigenvalue weighted by Crippen LogP contribution is 2.25. The van der Waals surface area contributed by atoms with Crippen LogP contribution >= 0.6 is 0 Å². The maximum atomic E-state index is 11.6. The number of rotatable bonds is 7. The highest BCUT2D eigenvalue weighted by molar-refractivity contribution is 5.90. The molecule has 0 saturated carbocycles. The summed E-state index contributed by atoms with van der Waals surface area (Å²) < 4.78 is 14.8. The van der Waals surface area contributed by atoms with E-state index in [9.17, 15) is 20.1 Å². The number of aryl methyl sites for hydroxylation is 1. The van der Waals surface area contributed by atoms with Crippen LogP contribution in [0.4, 0.5) is 0 Å². The number of hydrogen-bond acceptors (Lipinski definition) is 7. The molecule has 0 aliphatic carbocycles. The fraction of sp³-hybridized carbons (Fsp3) is 0.615. The average Bonchev–Trinajstić information content (AvgIpc) is 2.79. The number of esters is 1. The van der Waals surface area contributed by atoms with Gasteiger partial charge in [0.2, 0.25) is 0 Å². The Kier molecular flexibility index (Phi) is 6.15. The van der Waals surface area contributed by atoms with Crippen molar-refractivity contribution in [3.8, 4) is 0 Å². The molecular formula is C13H20O7. The molecule has 0 fully saturated rings. The summed E-state index contributed by atoms with van der Waals surface area (Å²) in [4.78, 5) is 11.6. The monoisotopic (exact) mass is 288 g/mol. The Morgan fingerprint density at radius 3 is 2.60 bits per heavy atom. The van der Waals surface area contributed by atoms with E-state index in [-0.39, 0.29) is 30.3 Å². The SMILES string of the molecule is CCOC(=O)c1cc([C@@H](O)[C@H](O)[C@H](O)COC)oc1C. The number of methoxy groups -OCH3 is 1. The van der Waals surface area contributed by atoms with Crippen LogP contribution in [0.5, 0.6) is 0 Å². The predicted octanol–water partition coefficient (Wildman–Crippen LogP) is 0.166. The first-order valence-corrected chi connectivity index (χ1v) is 6.22. The number of aliphatic hydroxyl groups excluding tert-OH is 3. The molecular weight excluding hydrogens is 268 g/mol. The molecule has 0 unspecified atom stereocenters. The maximum absolute atomic E-state index is 11.6. The Labute approximate surface area is 116 Å². The Morgan fingerprint density at radius 2 is 2.05 bits per heavy atom. The van der Waals surface area contributed by atoms with Gasteiger partial charge in [0, 0.05) is 7.11 Å². The fourth-order valence-corrected chi connectivity index (χ4v) is 1.71. The molecule has 7 heteroatoms. The van der Waals surface area contributed by atoms with Crippen LogP contribution in [-0.4, -0.2) is 53.8 Å². The van der Waals surface area contributed by atoms with Crippen molar-refractivity contribution in [2.75, 3.05) is 20.3 Å². The van der Waals surface area contributed by atoms with Crippen LogP contribution < -0.4 is 0 Å². The van der Waals surface area contributed by atoms with Gasteiger partial charge in [-0.2, -0.15) is 0 Å². The van der Waals surface area contributed by atoms with Gasteiger partial charge in [-0.25, -0.2) is 4.79 Å². The number of aliphatic hydroxyl groups is 3. The van der Waals surface area contributed by atoms with Crippen molar-refractivity contribution in [2.45, 2.75) is 32.2 Å². The van der Waals surface area contributed by atoms with Crippen molar-refractivity contribution in [3.63, 3.8) is 0 Å². The molecule has 0 amide bonds. The molecule has 0 saturated heterocycles. The smallest absolute Gasteiger partial charge is 0.341 e. The standard InChI is InChI=1S/C13H20O7/c1-4-19-13(17)8-5-10(20-7(8)2)12(16)11(15)9(14)6-18-3/h5,9,11-12,14-16H,4,6H2,1-3H3/t9-,11-,12-/m1/s1. The first-order valence-electron chi connectivity index (χ1n) is 6.22. The van der Waals surface area contributed by atoms with Crippen molar-refractivity contribution in [1.29, 1.82) is 0 Å². The average molecular weight is 288 g/mol. The Morgan fingerprint density at radius 1 is 1.40 bits per heavy atom. The summed E-state index contributed by atoms with van der Waals surface area (Å²) in [5.74, 6) is -0.321. The summed E-state index contributed by atoms with van der Waals surface area (Å²) in [6, 6.07) is 1.29. The number of hydrogen-bond donors (Lipinski definition) is 3. The van der Waals surface area contributed by atoms with Crippen LogP contribution in [0.3, 0.4) is 0 Å². The zero-order chi connectivity index (χ0) is 15.3. The molecule has 114 valence electrons. The van der Waals surface area contributed by atoms with Crippen LogP contribution in [0.15, 0.2) is 10.5 Å². The second kappa shape index (κ2) is 7.39. The highest BCUT2D eigenvalue weighted by Gasteiger charge is 2.30. The lowest BCUT2D eigenvalue weighted by atomic mass is 10.1. The first kappa shape index (κ1) is 16.6. The van der Waals surface area contributed by atoms with E-state index in [1.165, 1.54) is 13.2 Å². The molecule has 0 aliphatic heterocycles. The second-order valence-electron chi connectivity index (χ2n) is 4.30. The Balaban J connectivity index is 2.86. The van der Waals surface area contributed by atoms with Crippen molar-refractivity contribution < 1.29 is 34.0 Å². The predicted molar refractivity (Wildman–Crippen MR) is 68.3 cm³/mol. The lowest BCUT2D eigenvalue weighted by Crippen LogP contribution is -2.35. The molecule has 0 spiro atoms. The number of furan rings is 1. The minimum atomic E-state index is -1.49. The summed E-state index contributed by atoms with van der Waals surface area (Å²) in [5, 5.41) is 29.2. The molecule has 1 heterocycles. The van der Waals surface area contributed by atoms with Gasteiger partial charge < -0.3 is 29.2 Å². The van der Waals surface area contributed by atoms with Gasteiger partial charge in [0.25, 0.3) is 0 Å². The van der Waals surface area contributed by atoms with Gasteiger partial charge in [0.15, 0.2) is 0 Å². The second-order valence-corrected chi connectivity index (χ2v) is 4.30. The summed E-state index contributed by atoms with van der Waals surface area (Å²) >= 11 is 0. The van der Waals surface area contributed by atoms with E-state index in [1.54, 1.807) is 13.8 Å². The third-order valence-electron chi connectivity index (χ3n) is 2.78. The van der Waals surface area contributed by atoms with Crippen LogP contribution in [-0.2, 0) is 9.47 Å². The van der Waals surface area contributed by atoms with E-state index in [0.29, 0.717) is 0 Å². The molecule has 0 aliphatic rings. The molecule has 3 atom stereocenters. The van der Waals surface area contributed by atoms with Crippen molar-refractivity contribution in [1.82, 2.24) is 0 Å². The third kappa shape index (κ3) is 3.80. The normalized spacial score (nSPS) is 15.7. The minimum absolute atomic E-state index is 0.0202. The zero-order valence-electron chi connectivity index (χ0n) is 11.7. The Hall–Kier alpha value is -1.41. The summed E-state index contributed by atoms with van der Waals surface area (Å²) in [6.07, 6.45) is -4.23. The Bertz CT molecular complexity index is 440. The van der Waals surface area contributed by atoms with Crippen molar-refractivity contribution in [3.05, 3.63) is 23.2 Å². The number of carbonyl (C=O) groups excluding carboxylic acids is 1. The van der Waals surface area contributed by atoms with Gasteiger partial charge >= 0.3 is 5.97 Å². The van der Waals surface area contributed by atoms with Gasteiger partial charge in [-0.15, -0.1) is 0 Å². The van der Waals surface area contributed by atoms with Gasteiger partial charge in [-0.05, 0) is 19.9 Å². The van der Waals surface area contributed by atoms with Gasteiger partial charge in [-0.1, -0.05) is 0 Å². The summed E-state index contributed by atoms with van der Waals surface area (Å²) in [7, 11) is 1.36. The maximum Gasteiger partial charge on any atom is 0.341 e. The van der Waals surface area contributed by atoms with E-state index in [1.807, 2.05) is 0 Å². The molecule has 20 heavy (non-hydrogen) atoms. The topological polar surface area (TPSA) is 109 Å². The van der Waals surface area contributed by atoms with E-state index in [4.69, 9.17) is 9.15 Å². The zero-order valence-corrected chi connectivity index (χ0v) is 11.7. The lowest BCUT2D eigenvalue weighted by molar-refractivity contribution is -0.0891. The van der Waals surface area contributed by atoms with Crippen molar-refractivity contribution in [2.24, 2.45) is 0 Å². The molecule has 7 nitrogen and oxygen atoms in total. The molecule has 1 aromatic heterocycles. The summed E-state index contributed by atoms with van der Waals surface area (Å²) in [5.41, 5.74) is 0.175. The fourth-order valence-electron chi connectivity index (χ4n) is 1.71. The van der Waals surface area contributed by atoms with Crippen LogP contribution in [0.2, 0.25) is 0 Å². The number of carbonyl (C=O) groups is 1. The lowest BCUT2D eigenvalue weighted by Gasteiger charge is -2.20. The van der Waals surface area contributed by atoms with E-state index < -0.39 is 24.3 Å². The van der Waals surface area contributed by atoms with Gasteiger partial charge in [0.1, 0.15) is 35.4 Å². The van der Waals surface area contributed by atoms with Crippen LogP contribution in [0.1, 0.15) is 34.9 Å². The largest absolute Gasteiger partial charge is 0.463 e. The van der Waals surface area contributed by atoms with Gasteiger partial charge in [0.05, 0.1) is 13.2 Å². The van der Waals surface area contributed by atoms with E-state index >= 15 is 0 Å². The van der Waals surface area contributed by atoms with Crippen molar-refractivity contribution >= 4 is 5.97 Å². The van der Waals surface area contributed by atoms with Crippen LogP contribution in [0, 0.1) is 6.92 Å². The molecule has 1 rings (SSSR count). The van der Waals surface area contributed by atoms with E-state index in [2.05, 4.69) is 4.74 Å². The third-order valence-corrected chi connectivity index (χ3v) is 2.78. The highest BCUT2D eigenvalue weighted by atomic mass is 16.5. The molecule has 1 aromatic rings. The molecule has 0 aromatic carbocycles. The minimum Gasteiger partial charge on any atom is -0.463 e. The quantitative estimate of drug-likeness (QED) is 0.613. The van der Waals surface area contributed by atoms with Gasteiger partial charge in [-0.3, -0.25) is 0 Å². The molecule has 0 radical (unpaired) electrons. The summed E-state index contributed by atoms with van der Waals surface area (Å²) in [6.45, 7) is 3.30. The first-order chi connectivity index (χ1) is 9.42. The van der Waals surface area contributed by atoms with E-state index in [0.717, 1.165) is 0 Å². The van der Waals surface area contributed by atoms with Crippen LogP contribution in [0.25, 0.3) is 0 Å². The molecule has 3 N–H and O–H groups in total. The molecule has 0 bridgehead atoms.